The van der Waals surface area contributed by atoms with Crippen molar-refractivity contribution in [2.75, 3.05) is 0 Å². The zero-order chi connectivity index (χ0) is 14.9. The van der Waals surface area contributed by atoms with Crippen LogP contribution in [0, 0.1) is 29.6 Å². The molecule has 3 saturated carbocycles. The van der Waals surface area contributed by atoms with Gasteiger partial charge in [-0.15, -0.1) is 0 Å². The largest absolute Gasteiger partial charge is 0.325 e. The summed E-state index contributed by atoms with van der Waals surface area (Å²) < 4.78 is 0. The van der Waals surface area contributed by atoms with E-state index in [0.29, 0.717) is 0 Å². The van der Waals surface area contributed by atoms with E-state index in [1.165, 1.54) is 77.0 Å². The van der Waals surface area contributed by atoms with Gasteiger partial charge in [0, 0.05) is 5.54 Å². The Balaban J connectivity index is 1.74. The van der Waals surface area contributed by atoms with Crippen LogP contribution >= 0.6 is 0 Å². The van der Waals surface area contributed by atoms with Crippen LogP contribution in [0.3, 0.4) is 0 Å². The summed E-state index contributed by atoms with van der Waals surface area (Å²) in [7, 11) is 0. The van der Waals surface area contributed by atoms with Gasteiger partial charge in [0.2, 0.25) is 0 Å². The zero-order valence-electron chi connectivity index (χ0n) is 14.4. The Hall–Kier alpha value is -0.0400. The van der Waals surface area contributed by atoms with Gasteiger partial charge in [-0.1, -0.05) is 65.2 Å². The summed E-state index contributed by atoms with van der Waals surface area (Å²) >= 11 is 0. The van der Waals surface area contributed by atoms with E-state index < -0.39 is 0 Å². The Kier molecular flexibility index (Phi) is 4.98. The predicted octanol–water partition coefficient (Wildman–Crippen LogP) is 5.53. The van der Waals surface area contributed by atoms with Crippen molar-refractivity contribution < 1.29 is 0 Å². The van der Waals surface area contributed by atoms with Gasteiger partial charge in [0.25, 0.3) is 0 Å². The number of hydrogen-bond donors (Lipinski definition) is 1. The van der Waals surface area contributed by atoms with Crippen LogP contribution in [0.2, 0.25) is 0 Å². The van der Waals surface area contributed by atoms with Gasteiger partial charge in [-0.25, -0.2) is 0 Å². The Morgan fingerprint density at radius 2 is 1.48 bits per heavy atom. The number of hydrogen-bond acceptors (Lipinski definition) is 1. The zero-order valence-corrected chi connectivity index (χ0v) is 14.4. The summed E-state index contributed by atoms with van der Waals surface area (Å²) in [4.78, 5) is 0. The van der Waals surface area contributed by atoms with Gasteiger partial charge in [-0.3, -0.25) is 0 Å². The van der Waals surface area contributed by atoms with Crippen molar-refractivity contribution in [3.05, 3.63) is 0 Å². The predicted molar refractivity (Wildman–Crippen MR) is 91.1 cm³/mol. The minimum atomic E-state index is 0.189. The van der Waals surface area contributed by atoms with Gasteiger partial charge >= 0.3 is 0 Å². The van der Waals surface area contributed by atoms with Crippen LogP contribution in [0.25, 0.3) is 0 Å². The lowest BCUT2D eigenvalue weighted by Gasteiger charge is -2.53. The van der Waals surface area contributed by atoms with Crippen molar-refractivity contribution in [2.45, 2.75) is 96.4 Å². The van der Waals surface area contributed by atoms with Crippen molar-refractivity contribution in [3.8, 4) is 0 Å². The fourth-order valence-electron chi connectivity index (χ4n) is 6.00. The van der Waals surface area contributed by atoms with E-state index in [2.05, 4.69) is 13.8 Å². The molecule has 3 fully saturated rings. The molecule has 0 radical (unpaired) electrons. The molecular weight excluding hydrogens is 254 g/mol. The molecule has 21 heavy (non-hydrogen) atoms. The average Bonchev–Trinajstić information content (AvgIpc) is 2.51. The minimum absolute atomic E-state index is 0.189. The molecule has 5 atom stereocenters. The van der Waals surface area contributed by atoms with Crippen LogP contribution in [-0.2, 0) is 0 Å². The molecule has 0 bridgehead atoms. The van der Waals surface area contributed by atoms with E-state index in [-0.39, 0.29) is 5.54 Å². The van der Waals surface area contributed by atoms with E-state index in [1.807, 2.05) is 0 Å². The topological polar surface area (TPSA) is 26.0 Å². The fraction of sp³-hybridized carbons (Fsp3) is 1.00. The van der Waals surface area contributed by atoms with Crippen molar-refractivity contribution in [1.82, 2.24) is 0 Å². The van der Waals surface area contributed by atoms with Crippen molar-refractivity contribution in [2.24, 2.45) is 35.3 Å². The van der Waals surface area contributed by atoms with Crippen LogP contribution in [0.1, 0.15) is 90.9 Å². The van der Waals surface area contributed by atoms with Gasteiger partial charge in [0.15, 0.2) is 0 Å². The molecule has 3 aliphatic rings. The second kappa shape index (κ2) is 6.60. The van der Waals surface area contributed by atoms with Gasteiger partial charge in [-0.05, 0) is 55.3 Å². The molecule has 5 unspecified atom stereocenters. The minimum Gasteiger partial charge on any atom is -0.325 e. The Morgan fingerprint density at radius 1 is 0.762 bits per heavy atom. The lowest BCUT2D eigenvalue weighted by molar-refractivity contribution is 0.0206. The first-order chi connectivity index (χ1) is 10.1. The monoisotopic (exact) mass is 291 g/mol. The highest BCUT2D eigenvalue weighted by Gasteiger charge is 2.47. The van der Waals surface area contributed by atoms with Gasteiger partial charge < -0.3 is 5.73 Å². The molecule has 3 aliphatic carbocycles. The highest BCUT2D eigenvalue weighted by atomic mass is 14.8. The van der Waals surface area contributed by atoms with E-state index in [9.17, 15) is 0 Å². The van der Waals surface area contributed by atoms with Crippen molar-refractivity contribution in [1.29, 1.82) is 0 Å². The summed E-state index contributed by atoms with van der Waals surface area (Å²) in [5, 5.41) is 0. The molecule has 1 nitrogen and oxygen atoms in total. The molecule has 0 heterocycles. The molecule has 0 amide bonds. The van der Waals surface area contributed by atoms with Crippen LogP contribution in [0.15, 0.2) is 0 Å². The molecule has 0 aromatic heterocycles. The molecular formula is C20H37N. The number of nitrogens with two attached hydrogens (primary N) is 1. The third kappa shape index (κ3) is 3.19. The summed E-state index contributed by atoms with van der Waals surface area (Å²) in [6.07, 6.45) is 17.2. The van der Waals surface area contributed by atoms with Gasteiger partial charge in [0.05, 0.1) is 0 Å². The van der Waals surface area contributed by atoms with E-state index in [4.69, 9.17) is 5.73 Å². The maximum absolute atomic E-state index is 7.22. The summed E-state index contributed by atoms with van der Waals surface area (Å²) in [6.45, 7) is 4.92. The molecule has 2 N–H and O–H groups in total. The molecule has 1 heteroatoms. The van der Waals surface area contributed by atoms with Gasteiger partial charge in [0.1, 0.15) is 0 Å². The smallest absolute Gasteiger partial charge is 0.0214 e. The van der Waals surface area contributed by atoms with Crippen LogP contribution < -0.4 is 5.73 Å². The maximum atomic E-state index is 7.22. The first-order valence-corrected chi connectivity index (χ1v) is 9.90. The summed E-state index contributed by atoms with van der Waals surface area (Å²) in [6, 6.07) is 0. The third-order valence-electron chi connectivity index (χ3n) is 7.64. The first-order valence-electron chi connectivity index (χ1n) is 9.90. The Labute approximate surface area is 132 Å². The van der Waals surface area contributed by atoms with Crippen LogP contribution in [-0.4, -0.2) is 5.54 Å². The molecule has 122 valence electrons. The van der Waals surface area contributed by atoms with Crippen molar-refractivity contribution >= 4 is 0 Å². The van der Waals surface area contributed by atoms with E-state index in [0.717, 1.165) is 29.6 Å². The highest BCUT2D eigenvalue weighted by molar-refractivity contribution is 5.03. The first kappa shape index (κ1) is 15.8. The lowest BCUT2D eigenvalue weighted by atomic mass is 9.56. The fourth-order valence-corrected chi connectivity index (χ4v) is 6.00. The average molecular weight is 292 g/mol. The molecule has 0 spiro atoms. The normalized spacial score (nSPS) is 46.4. The number of rotatable bonds is 2. The molecule has 0 aliphatic heterocycles. The second-order valence-electron chi connectivity index (χ2n) is 8.83. The third-order valence-corrected chi connectivity index (χ3v) is 7.64. The summed E-state index contributed by atoms with van der Waals surface area (Å²) in [5.41, 5.74) is 7.41. The second-order valence-corrected chi connectivity index (χ2v) is 8.83. The quantitative estimate of drug-likeness (QED) is 0.711. The standard InChI is InChI=1S/C20H37N/c1-15-11-12-18(14-16(15)2)20(21)13-7-6-10-19(20)17-8-4-3-5-9-17/h15-19H,3-14,21H2,1-2H3. The van der Waals surface area contributed by atoms with Crippen molar-refractivity contribution in [3.63, 3.8) is 0 Å². The molecule has 0 aromatic rings. The Bertz CT molecular complexity index is 333. The molecule has 3 rings (SSSR count). The Morgan fingerprint density at radius 3 is 2.19 bits per heavy atom. The lowest BCUT2D eigenvalue weighted by Crippen LogP contribution is -2.58. The summed E-state index contributed by atoms with van der Waals surface area (Å²) in [5.74, 6) is 4.42. The SMILES string of the molecule is CC1CCC(C2(N)CCCCC2C2CCCCC2)CC1C. The van der Waals surface area contributed by atoms with Crippen LogP contribution in [0.4, 0.5) is 0 Å². The molecule has 0 saturated heterocycles. The van der Waals surface area contributed by atoms with E-state index >= 15 is 0 Å². The molecule has 0 aromatic carbocycles. The maximum Gasteiger partial charge on any atom is 0.0214 e. The van der Waals surface area contributed by atoms with Crippen LogP contribution in [0.5, 0.6) is 0 Å². The van der Waals surface area contributed by atoms with Gasteiger partial charge in [-0.2, -0.15) is 0 Å². The van der Waals surface area contributed by atoms with E-state index in [1.54, 1.807) is 0 Å². The highest BCUT2D eigenvalue weighted by Crippen LogP contribution is 2.50.